The number of nitrogens with zero attached hydrogens (tertiary/aromatic N) is 2. The normalized spacial score (nSPS) is 16.9. The van der Waals surface area contributed by atoms with Crippen molar-refractivity contribution in [3.8, 4) is 5.75 Å². The highest BCUT2D eigenvalue weighted by atomic mass is 32.1. The van der Waals surface area contributed by atoms with Gasteiger partial charge in [-0.15, -0.1) is 0 Å². The molecule has 1 atom stereocenters. The average molecular weight is 511 g/mol. The molecule has 186 valence electrons. The van der Waals surface area contributed by atoms with Crippen LogP contribution in [0.15, 0.2) is 48.0 Å². The number of benzene rings is 2. The van der Waals surface area contributed by atoms with Crippen molar-refractivity contribution in [1.29, 1.82) is 0 Å². The van der Waals surface area contributed by atoms with Crippen LogP contribution < -0.4 is 9.64 Å². The summed E-state index contributed by atoms with van der Waals surface area (Å²) in [6, 6.07) is 9.00. The van der Waals surface area contributed by atoms with Gasteiger partial charge in [-0.2, -0.15) is 0 Å². The summed E-state index contributed by atoms with van der Waals surface area (Å²) in [5.74, 6) is -2.76. The zero-order valence-corrected chi connectivity index (χ0v) is 20.8. The van der Waals surface area contributed by atoms with Crippen molar-refractivity contribution in [1.82, 2.24) is 4.98 Å². The number of aliphatic hydroxyl groups excluding tert-OH is 1. The van der Waals surface area contributed by atoms with E-state index in [1.165, 1.54) is 31.4 Å². The van der Waals surface area contributed by atoms with E-state index in [0.717, 1.165) is 16.2 Å². The summed E-state index contributed by atoms with van der Waals surface area (Å²) in [6.45, 7) is 5.20. The molecule has 1 aliphatic heterocycles. The number of hydrogen-bond donors (Lipinski definition) is 1. The van der Waals surface area contributed by atoms with Gasteiger partial charge in [-0.25, -0.2) is 14.2 Å². The minimum atomic E-state index is -1.10. The molecule has 2 aromatic carbocycles. The Hall–Kier alpha value is -4.05. The number of halogens is 1. The fourth-order valence-corrected chi connectivity index (χ4v) is 5.03. The Kier molecular flexibility index (Phi) is 6.89. The first-order valence-electron chi connectivity index (χ1n) is 11.0. The molecule has 1 saturated heterocycles. The maximum Gasteiger partial charge on any atom is 0.350 e. The molecule has 0 aliphatic carbocycles. The Balaban J connectivity index is 1.91. The molecule has 0 bridgehead atoms. The lowest BCUT2D eigenvalue weighted by Gasteiger charge is -2.23. The minimum Gasteiger partial charge on any atom is -0.507 e. The van der Waals surface area contributed by atoms with Crippen LogP contribution in [0.1, 0.15) is 45.0 Å². The number of aromatic nitrogens is 1. The van der Waals surface area contributed by atoms with Crippen molar-refractivity contribution < 1.29 is 33.4 Å². The summed E-state index contributed by atoms with van der Waals surface area (Å²) in [5, 5.41) is 11.3. The summed E-state index contributed by atoms with van der Waals surface area (Å²) in [6.07, 6.45) is 0. The molecule has 0 unspecified atom stereocenters. The molecular formula is C26H23FN2O6S. The van der Waals surface area contributed by atoms with Gasteiger partial charge in [0.05, 0.1) is 31.0 Å². The van der Waals surface area contributed by atoms with E-state index < -0.39 is 35.3 Å². The molecule has 0 saturated carbocycles. The van der Waals surface area contributed by atoms with Crippen LogP contribution >= 0.6 is 11.3 Å². The van der Waals surface area contributed by atoms with E-state index in [0.29, 0.717) is 28.1 Å². The van der Waals surface area contributed by atoms with Crippen LogP contribution in [-0.2, 0) is 14.3 Å². The Morgan fingerprint density at radius 2 is 1.86 bits per heavy atom. The van der Waals surface area contributed by atoms with Crippen molar-refractivity contribution >= 4 is 39.9 Å². The van der Waals surface area contributed by atoms with Crippen molar-refractivity contribution in [3.05, 3.63) is 81.1 Å². The van der Waals surface area contributed by atoms with Crippen molar-refractivity contribution in [2.75, 3.05) is 18.6 Å². The number of aliphatic hydroxyl groups is 1. The van der Waals surface area contributed by atoms with Crippen LogP contribution in [0.25, 0.3) is 5.76 Å². The van der Waals surface area contributed by atoms with E-state index in [1.807, 2.05) is 0 Å². The number of ketones is 1. The Bertz CT molecular complexity index is 1400. The zero-order valence-electron chi connectivity index (χ0n) is 20.0. The van der Waals surface area contributed by atoms with Crippen molar-refractivity contribution in [2.24, 2.45) is 0 Å². The fourth-order valence-electron chi connectivity index (χ4n) is 4.04. The van der Waals surface area contributed by atoms with Crippen LogP contribution in [0.5, 0.6) is 5.75 Å². The first-order chi connectivity index (χ1) is 17.2. The largest absolute Gasteiger partial charge is 0.507 e. The Labute approximate surface area is 210 Å². The van der Waals surface area contributed by atoms with Gasteiger partial charge in [-0.05, 0) is 62.2 Å². The average Bonchev–Trinajstić information content (AvgIpc) is 3.36. The molecule has 1 aromatic heterocycles. The smallest absolute Gasteiger partial charge is 0.350 e. The minimum absolute atomic E-state index is 0.0805. The number of carbonyl (C=O) groups excluding carboxylic acids is 3. The third-order valence-electron chi connectivity index (χ3n) is 5.75. The Morgan fingerprint density at radius 3 is 2.47 bits per heavy atom. The van der Waals surface area contributed by atoms with Crippen LogP contribution in [0.4, 0.5) is 9.52 Å². The number of rotatable bonds is 6. The van der Waals surface area contributed by atoms with Gasteiger partial charge in [0, 0.05) is 5.56 Å². The number of esters is 1. The molecule has 1 amide bonds. The quantitative estimate of drug-likeness (QED) is 0.222. The van der Waals surface area contributed by atoms with Gasteiger partial charge in [0.15, 0.2) is 5.13 Å². The lowest BCUT2D eigenvalue weighted by Crippen LogP contribution is -2.29. The second-order valence-electron chi connectivity index (χ2n) is 8.04. The van der Waals surface area contributed by atoms with E-state index in [9.17, 15) is 23.9 Å². The van der Waals surface area contributed by atoms with Crippen molar-refractivity contribution in [3.63, 3.8) is 0 Å². The highest BCUT2D eigenvalue weighted by Crippen LogP contribution is 2.44. The molecule has 10 heteroatoms. The van der Waals surface area contributed by atoms with E-state index in [4.69, 9.17) is 9.47 Å². The third kappa shape index (κ3) is 4.35. The second kappa shape index (κ2) is 9.90. The summed E-state index contributed by atoms with van der Waals surface area (Å²) >= 11 is 0.902. The molecule has 8 nitrogen and oxygen atoms in total. The highest BCUT2D eigenvalue weighted by molar-refractivity contribution is 7.17. The molecule has 1 fully saturated rings. The molecule has 0 radical (unpaired) electrons. The van der Waals surface area contributed by atoms with Gasteiger partial charge in [-0.1, -0.05) is 23.5 Å². The number of thiazole rings is 1. The van der Waals surface area contributed by atoms with Gasteiger partial charge < -0.3 is 14.6 Å². The summed E-state index contributed by atoms with van der Waals surface area (Å²) < 4.78 is 24.0. The van der Waals surface area contributed by atoms with Crippen LogP contribution in [0.3, 0.4) is 0 Å². The second-order valence-corrected chi connectivity index (χ2v) is 9.01. The van der Waals surface area contributed by atoms with E-state index in [2.05, 4.69) is 4.98 Å². The predicted molar refractivity (Wildman–Crippen MR) is 132 cm³/mol. The topological polar surface area (TPSA) is 106 Å². The molecule has 4 rings (SSSR count). The summed E-state index contributed by atoms with van der Waals surface area (Å²) in [4.78, 5) is 44.6. The number of anilines is 1. The number of carbonyl (C=O) groups is 3. The van der Waals surface area contributed by atoms with E-state index in [-0.39, 0.29) is 22.2 Å². The number of hydrogen-bond acceptors (Lipinski definition) is 8. The lowest BCUT2D eigenvalue weighted by atomic mass is 9.95. The van der Waals surface area contributed by atoms with Gasteiger partial charge in [0.2, 0.25) is 0 Å². The van der Waals surface area contributed by atoms with E-state index in [1.54, 1.807) is 39.0 Å². The number of Topliss-reactive ketones (excluding diaryl/α,β-unsaturated/α-hetero) is 1. The number of methoxy groups -OCH3 is 1. The molecule has 3 aromatic rings. The van der Waals surface area contributed by atoms with Crippen LogP contribution in [0.2, 0.25) is 0 Å². The standard InChI is InChI=1S/C26H23FN2O6S/c1-5-35-25(33)23-14(3)28-26(36-23)29-20(15-6-9-17(27)10-7-15)19(22(31)24(29)32)21(30)16-8-11-18(34-4)13(2)12-16/h6-12,20,30H,5H2,1-4H3/t20-/m0/s1. The molecule has 1 N–H and O–H groups in total. The fraction of sp³-hybridized carbons (Fsp3) is 0.231. The van der Waals surface area contributed by atoms with Gasteiger partial charge >= 0.3 is 11.9 Å². The molecular weight excluding hydrogens is 487 g/mol. The maximum absolute atomic E-state index is 13.7. The summed E-state index contributed by atoms with van der Waals surface area (Å²) in [7, 11) is 1.52. The van der Waals surface area contributed by atoms with Gasteiger partial charge in [-0.3, -0.25) is 14.5 Å². The van der Waals surface area contributed by atoms with Crippen molar-refractivity contribution in [2.45, 2.75) is 26.8 Å². The first-order valence-corrected chi connectivity index (χ1v) is 11.9. The van der Waals surface area contributed by atoms with Gasteiger partial charge in [0.25, 0.3) is 5.78 Å². The molecule has 36 heavy (non-hydrogen) atoms. The predicted octanol–water partition coefficient (Wildman–Crippen LogP) is 4.71. The number of aryl methyl sites for hydroxylation is 2. The molecule has 0 spiro atoms. The molecule has 2 heterocycles. The number of amides is 1. The monoisotopic (exact) mass is 510 g/mol. The highest BCUT2D eigenvalue weighted by Gasteiger charge is 2.48. The Morgan fingerprint density at radius 1 is 1.17 bits per heavy atom. The number of ether oxygens (including phenoxy) is 2. The zero-order chi connectivity index (χ0) is 26.1. The van der Waals surface area contributed by atoms with Gasteiger partial charge in [0.1, 0.15) is 22.2 Å². The summed E-state index contributed by atoms with van der Waals surface area (Å²) in [5.41, 5.74) is 1.55. The van der Waals surface area contributed by atoms with E-state index >= 15 is 0 Å². The SMILES string of the molecule is CCOC(=O)c1sc(N2C(=O)C(=O)C(=C(O)c3ccc(OC)c(C)c3)[C@@H]2c2ccc(F)cc2)nc1C. The van der Waals surface area contributed by atoms with Crippen LogP contribution in [0, 0.1) is 19.7 Å². The third-order valence-corrected chi connectivity index (χ3v) is 6.89. The maximum atomic E-state index is 13.7. The first kappa shape index (κ1) is 25.1. The lowest BCUT2D eigenvalue weighted by molar-refractivity contribution is -0.132. The molecule has 1 aliphatic rings. The van der Waals surface area contributed by atoms with Crippen LogP contribution in [-0.4, -0.2) is 41.5 Å².